The smallest absolute Gasteiger partial charge is 0.0736 e. The highest BCUT2D eigenvalue weighted by Gasteiger charge is 2.44. The molecule has 2 aliphatic heterocycles. The van der Waals surface area contributed by atoms with E-state index < -0.39 is 0 Å². The quantitative estimate of drug-likeness (QED) is 0.777. The van der Waals surface area contributed by atoms with Gasteiger partial charge in [0.1, 0.15) is 0 Å². The van der Waals surface area contributed by atoms with Crippen molar-refractivity contribution in [3.05, 3.63) is 0 Å². The molecule has 0 amide bonds. The largest absolute Gasteiger partial charge is 0.381 e. The van der Waals surface area contributed by atoms with E-state index in [1.54, 1.807) is 0 Å². The van der Waals surface area contributed by atoms with Gasteiger partial charge in [0.2, 0.25) is 0 Å². The first-order valence-electron chi connectivity index (χ1n) is 8.31. The van der Waals surface area contributed by atoms with Crippen LogP contribution in [0.25, 0.3) is 0 Å². The van der Waals surface area contributed by atoms with Crippen LogP contribution in [0.4, 0.5) is 0 Å². The summed E-state index contributed by atoms with van der Waals surface area (Å²) in [7, 11) is 0. The normalized spacial score (nSPS) is 31.3. The third-order valence-corrected chi connectivity index (χ3v) is 5.49. The molecule has 0 aromatic rings. The van der Waals surface area contributed by atoms with Crippen LogP contribution in [-0.2, 0) is 9.47 Å². The van der Waals surface area contributed by atoms with E-state index in [4.69, 9.17) is 9.47 Å². The molecule has 0 aromatic heterocycles. The molecular weight excluding hydrogens is 238 g/mol. The molecule has 1 aliphatic carbocycles. The highest BCUT2D eigenvalue weighted by Crippen LogP contribution is 2.41. The highest BCUT2D eigenvalue weighted by atomic mass is 16.5. The molecule has 0 aromatic carbocycles. The molecule has 1 atom stereocenters. The molecule has 1 N–H and O–H groups in total. The summed E-state index contributed by atoms with van der Waals surface area (Å²) in [5.41, 5.74) is 0.196. The highest BCUT2D eigenvalue weighted by molar-refractivity contribution is 4.95. The molecule has 19 heavy (non-hydrogen) atoms. The van der Waals surface area contributed by atoms with Gasteiger partial charge in [-0.3, -0.25) is 0 Å². The Hall–Kier alpha value is -0.120. The van der Waals surface area contributed by atoms with Crippen LogP contribution in [-0.4, -0.2) is 38.5 Å². The van der Waals surface area contributed by atoms with Crippen LogP contribution in [0.15, 0.2) is 0 Å². The number of hydrogen-bond donors (Lipinski definition) is 1. The van der Waals surface area contributed by atoms with Gasteiger partial charge in [0.25, 0.3) is 0 Å². The number of ether oxygens (including phenoxy) is 2. The second-order valence-electron chi connectivity index (χ2n) is 6.66. The van der Waals surface area contributed by atoms with E-state index in [-0.39, 0.29) is 5.60 Å². The van der Waals surface area contributed by atoms with Crippen molar-refractivity contribution in [2.75, 3.05) is 32.9 Å². The van der Waals surface area contributed by atoms with E-state index in [1.807, 2.05) is 0 Å². The fourth-order valence-corrected chi connectivity index (χ4v) is 4.25. The van der Waals surface area contributed by atoms with Gasteiger partial charge in [0.05, 0.1) is 5.60 Å². The lowest BCUT2D eigenvalue weighted by Crippen LogP contribution is -2.46. The van der Waals surface area contributed by atoms with Gasteiger partial charge in [-0.15, -0.1) is 0 Å². The summed E-state index contributed by atoms with van der Waals surface area (Å²) < 4.78 is 12.1. The molecule has 3 rings (SSSR count). The molecule has 1 saturated carbocycles. The van der Waals surface area contributed by atoms with Gasteiger partial charge < -0.3 is 14.8 Å². The van der Waals surface area contributed by atoms with Crippen molar-refractivity contribution in [1.29, 1.82) is 0 Å². The summed E-state index contributed by atoms with van der Waals surface area (Å²) in [6.07, 6.45) is 10.4. The van der Waals surface area contributed by atoms with Gasteiger partial charge in [0, 0.05) is 19.8 Å². The minimum absolute atomic E-state index is 0.196. The lowest BCUT2D eigenvalue weighted by Gasteiger charge is -2.38. The predicted octanol–water partition coefficient (Wildman–Crippen LogP) is 2.74. The third-order valence-electron chi connectivity index (χ3n) is 5.49. The van der Waals surface area contributed by atoms with Crippen molar-refractivity contribution in [1.82, 2.24) is 5.32 Å². The average molecular weight is 267 g/mol. The minimum Gasteiger partial charge on any atom is -0.381 e. The van der Waals surface area contributed by atoms with Gasteiger partial charge in [0.15, 0.2) is 0 Å². The van der Waals surface area contributed by atoms with Crippen LogP contribution < -0.4 is 5.32 Å². The van der Waals surface area contributed by atoms with Gasteiger partial charge >= 0.3 is 0 Å². The van der Waals surface area contributed by atoms with Gasteiger partial charge in [-0.25, -0.2) is 0 Å². The Balaban J connectivity index is 1.38. The van der Waals surface area contributed by atoms with E-state index in [9.17, 15) is 0 Å². The molecule has 3 nitrogen and oxygen atoms in total. The Morgan fingerprint density at radius 2 is 1.89 bits per heavy atom. The fraction of sp³-hybridized carbons (Fsp3) is 1.00. The second-order valence-corrected chi connectivity index (χ2v) is 6.66. The molecular formula is C16H29NO2. The van der Waals surface area contributed by atoms with Crippen LogP contribution in [0, 0.1) is 11.8 Å². The first-order chi connectivity index (χ1) is 9.39. The summed E-state index contributed by atoms with van der Waals surface area (Å²) >= 11 is 0. The van der Waals surface area contributed by atoms with Crippen molar-refractivity contribution in [3.63, 3.8) is 0 Å². The number of rotatable bonds is 5. The molecule has 2 heterocycles. The Morgan fingerprint density at radius 3 is 2.68 bits per heavy atom. The maximum absolute atomic E-state index is 6.13. The molecule has 3 aliphatic rings. The van der Waals surface area contributed by atoms with Gasteiger partial charge in [-0.1, -0.05) is 12.8 Å². The van der Waals surface area contributed by atoms with Crippen molar-refractivity contribution in [2.24, 2.45) is 11.8 Å². The zero-order chi connectivity index (χ0) is 13.0. The summed E-state index contributed by atoms with van der Waals surface area (Å²) in [6, 6.07) is 0. The Bertz CT molecular complexity index is 270. The van der Waals surface area contributed by atoms with E-state index in [2.05, 4.69) is 5.32 Å². The van der Waals surface area contributed by atoms with Crippen molar-refractivity contribution < 1.29 is 9.47 Å². The van der Waals surface area contributed by atoms with Gasteiger partial charge in [-0.05, 0) is 63.5 Å². The third kappa shape index (κ3) is 3.32. The first kappa shape index (κ1) is 13.8. The Morgan fingerprint density at radius 1 is 1.11 bits per heavy atom. The fourth-order valence-electron chi connectivity index (χ4n) is 4.25. The van der Waals surface area contributed by atoms with Crippen molar-refractivity contribution in [3.8, 4) is 0 Å². The summed E-state index contributed by atoms with van der Waals surface area (Å²) in [5.74, 6) is 1.59. The van der Waals surface area contributed by atoms with Crippen LogP contribution in [0.5, 0.6) is 0 Å². The van der Waals surface area contributed by atoms with Crippen molar-refractivity contribution >= 4 is 0 Å². The van der Waals surface area contributed by atoms with Crippen LogP contribution in [0.1, 0.15) is 51.4 Å². The molecule has 1 spiro atoms. The van der Waals surface area contributed by atoms with E-state index in [1.165, 1.54) is 51.4 Å². The monoisotopic (exact) mass is 267 g/mol. The van der Waals surface area contributed by atoms with E-state index in [0.717, 1.165) is 44.7 Å². The van der Waals surface area contributed by atoms with E-state index in [0.29, 0.717) is 0 Å². The Kier molecular flexibility index (Phi) is 4.78. The van der Waals surface area contributed by atoms with Crippen LogP contribution in [0.2, 0.25) is 0 Å². The maximum Gasteiger partial charge on any atom is 0.0736 e. The van der Waals surface area contributed by atoms with E-state index >= 15 is 0 Å². The standard InChI is InChI=1S/C16H29NO2/c1-2-4-14(3-1)13-18-11-5-15-6-12-19-16(15)7-9-17-10-8-16/h14-15,17H,1-13H2/t15-/m1/s1. The lowest BCUT2D eigenvalue weighted by molar-refractivity contribution is -0.0518. The zero-order valence-electron chi connectivity index (χ0n) is 12.2. The molecule has 0 radical (unpaired) electrons. The Labute approximate surface area is 117 Å². The van der Waals surface area contributed by atoms with Gasteiger partial charge in [-0.2, -0.15) is 0 Å². The molecule has 0 unspecified atom stereocenters. The molecule has 3 heteroatoms. The van der Waals surface area contributed by atoms with Crippen molar-refractivity contribution in [2.45, 2.75) is 57.0 Å². The maximum atomic E-state index is 6.13. The summed E-state index contributed by atoms with van der Waals surface area (Å²) in [4.78, 5) is 0. The van der Waals surface area contributed by atoms with Crippen LogP contribution >= 0.6 is 0 Å². The number of nitrogens with one attached hydrogen (secondary N) is 1. The minimum atomic E-state index is 0.196. The lowest BCUT2D eigenvalue weighted by atomic mass is 9.78. The summed E-state index contributed by atoms with van der Waals surface area (Å²) in [6.45, 7) is 5.16. The average Bonchev–Trinajstić information content (AvgIpc) is 3.07. The number of piperidine rings is 1. The number of hydrogen-bond acceptors (Lipinski definition) is 3. The molecule has 0 bridgehead atoms. The molecule has 3 fully saturated rings. The van der Waals surface area contributed by atoms with Crippen LogP contribution in [0.3, 0.4) is 0 Å². The summed E-state index contributed by atoms with van der Waals surface area (Å²) in [5, 5.41) is 3.45. The molecule has 110 valence electrons. The SMILES string of the molecule is C1CCC(COCC[C@@H]2CCOC23CCNCC3)C1. The first-order valence-corrected chi connectivity index (χ1v) is 8.31. The zero-order valence-corrected chi connectivity index (χ0v) is 12.2. The molecule has 2 saturated heterocycles. The topological polar surface area (TPSA) is 30.5 Å². The second kappa shape index (κ2) is 6.55. The predicted molar refractivity (Wildman–Crippen MR) is 76.3 cm³/mol.